The number of rotatable bonds is 8. The highest BCUT2D eigenvalue weighted by atomic mass is 127. The molecule has 1 aliphatic heterocycles. The largest absolute Gasteiger partial charge is 0.550 e. The molecule has 192 valence electrons. The van der Waals surface area contributed by atoms with Crippen LogP contribution in [0.4, 0.5) is 5.69 Å². The first-order valence-corrected chi connectivity index (χ1v) is 13.6. The van der Waals surface area contributed by atoms with Crippen molar-refractivity contribution in [2.45, 2.75) is 38.3 Å². The van der Waals surface area contributed by atoms with Crippen LogP contribution in [0.2, 0.25) is 10.0 Å². The molecule has 0 spiro atoms. The number of halogens is 3. The normalized spacial score (nSPS) is 16.4. The molecule has 0 radical (unpaired) electrons. The summed E-state index contributed by atoms with van der Waals surface area (Å²) in [5.74, 6) is -1.68. The van der Waals surface area contributed by atoms with E-state index in [0.29, 0.717) is 39.7 Å². The average Bonchev–Trinajstić information content (AvgIpc) is 2.95. The van der Waals surface area contributed by atoms with Gasteiger partial charge < -0.3 is 19.7 Å². The lowest BCUT2D eigenvalue weighted by molar-refractivity contribution is -0.305. The number of anilines is 1. The van der Waals surface area contributed by atoms with Gasteiger partial charge in [0.25, 0.3) is 11.8 Å². The van der Waals surface area contributed by atoms with E-state index in [4.69, 9.17) is 23.2 Å². The molecule has 4 rings (SSSR count). The third-order valence-corrected chi connectivity index (χ3v) is 7.64. The predicted octanol–water partition coefficient (Wildman–Crippen LogP) is 5.81. The van der Waals surface area contributed by atoms with Crippen LogP contribution in [0, 0.1) is 3.57 Å². The van der Waals surface area contributed by atoms with Crippen LogP contribution in [-0.2, 0) is 9.59 Å². The van der Waals surface area contributed by atoms with Gasteiger partial charge in [0.15, 0.2) is 0 Å². The Kier molecular flexibility index (Phi) is 8.77. The van der Waals surface area contributed by atoms with Crippen LogP contribution < -0.4 is 10.0 Å². The standard InChI is InChI=1S/C28H25Cl2IN2O4/c1-17(18-5-9-20(29)10-6-18)33-26(19-7-11-21(30)12-8-19)28(37)32(15-3-2-4-25(34)35)24-14-13-22(31)16-23(24)27(33)36/h5-14,16-17,26H,2-4,15H2,1H3,(H,34,35)/p-1/t17-,26+/m1/s1. The van der Waals surface area contributed by atoms with Gasteiger partial charge in [-0.3, -0.25) is 9.59 Å². The van der Waals surface area contributed by atoms with E-state index < -0.39 is 18.1 Å². The zero-order valence-electron chi connectivity index (χ0n) is 20.0. The summed E-state index contributed by atoms with van der Waals surface area (Å²) in [7, 11) is 0. The predicted molar refractivity (Wildman–Crippen MR) is 151 cm³/mol. The number of unbranched alkanes of at least 4 members (excludes halogenated alkanes) is 1. The van der Waals surface area contributed by atoms with Gasteiger partial charge in [0.05, 0.1) is 17.3 Å². The fraction of sp³-hybridized carbons (Fsp3) is 0.250. The highest BCUT2D eigenvalue weighted by Gasteiger charge is 2.42. The maximum absolute atomic E-state index is 14.3. The summed E-state index contributed by atoms with van der Waals surface area (Å²) in [5.41, 5.74) is 2.39. The summed E-state index contributed by atoms with van der Waals surface area (Å²) >= 11 is 14.4. The summed E-state index contributed by atoms with van der Waals surface area (Å²) in [6, 6.07) is 18.2. The van der Waals surface area contributed by atoms with Gasteiger partial charge in [-0.15, -0.1) is 0 Å². The van der Waals surface area contributed by atoms with Crippen molar-refractivity contribution in [2.24, 2.45) is 0 Å². The molecule has 0 bridgehead atoms. The van der Waals surface area contributed by atoms with Crippen LogP contribution in [0.3, 0.4) is 0 Å². The van der Waals surface area contributed by atoms with Gasteiger partial charge in [-0.05, 0) is 102 Å². The number of hydrogen-bond donors (Lipinski definition) is 0. The number of amides is 2. The number of carbonyl (C=O) groups excluding carboxylic acids is 3. The first-order valence-electron chi connectivity index (χ1n) is 11.8. The number of carboxylic acids is 1. The van der Waals surface area contributed by atoms with Gasteiger partial charge in [-0.2, -0.15) is 0 Å². The van der Waals surface area contributed by atoms with Gasteiger partial charge in [-0.25, -0.2) is 0 Å². The quantitative estimate of drug-likeness (QED) is 0.228. The maximum atomic E-state index is 14.3. The number of benzene rings is 3. The first kappa shape index (κ1) is 27.4. The minimum absolute atomic E-state index is 0.0964. The number of aliphatic carboxylic acids is 1. The van der Waals surface area contributed by atoms with Crippen molar-refractivity contribution < 1.29 is 19.5 Å². The third kappa shape index (κ3) is 6.10. The van der Waals surface area contributed by atoms with E-state index in [9.17, 15) is 19.5 Å². The molecule has 0 saturated heterocycles. The van der Waals surface area contributed by atoms with E-state index in [1.54, 1.807) is 58.3 Å². The Morgan fingerprint density at radius 2 is 1.59 bits per heavy atom. The van der Waals surface area contributed by atoms with Crippen LogP contribution >= 0.6 is 45.8 Å². The Hall–Kier alpha value is -2.62. The van der Waals surface area contributed by atoms with E-state index in [1.807, 2.05) is 25.1 Å². The summed E-state index contributed by atoms with van der Waals surface area (Å²) in [6.45, 7) is 2.15. The van der Waals surface area contributed by atoms with Gasteiger partial charge in [-0.1, -0.05) is 47.5 Å². The lowest BCUT2D eigenvalue weighted by atomic mass is 9.98. The Labute approximate surface area is 239 Å². The average molecular weight is 650 g/mol. The number of carboxylic acid groups (broad SMARTS) is 1. The Balaban J connectivity index is 1.85. The smallest absolute Gasteiger partial charge is 0.257 e. The molecule has 2 amide bonds. The minimum Gasteiger partial charge on any atom is -0.550 e. The Bertz CT molecular complexity index is 1310. The van der Waals surface area contributed by atoms with Gasteiger partial charge >= 0.3 is 0 Å². The fourth-order valence-electron chi connectivity index (χ4n) is 4.58. The molecule has 0 aliphatic carbocycles. The zero-order valence-corrected chi connectivity index (χ0v) is 23.7. The van der Waals surface area contributed by atoms with Crippen molar-refractivity contribution in [2.75, 3.05) is 11.4 Å². The van der Waals surface area contributed by atoms with Crippen LogP contribution in [0.1, 0.15) is 59.8 Å². The minimum atomic E-state index is -1.13. The highest BCUT2D eigenvalue weighted by Crippen LogP contribution is 2.40. The number of carbonyl (C=O) groups is 3. The first-order chi connectivity index (χ1) is 17.7. The van der Waals surface area contributed by atoms with E-state index in [2.05, 4.69) is 22.6 Å². The van der Waals surface area contributed by atoms with Crippen molar-refractivity contribution in [3.8, 4) is 0 Å². The van der Waals surface area contributed by atoms with E-state index in [1.165, 1.54) is 0 Å². The second-order valence-electron chi connectivity index (χ2n) is 8.87. The molecule has 37 heavy (non-hydrogen) atoms. The molecule has 2 atom stereocenters. The molecule has 0 N–H and O–H groups in total. The van der Waals surface area contributed by atoms with Gasteiger partial charge in [0.2, 0.25) is 0 Å². The van der Waals surface area contributed by atoms with Crippen molar-refractivity contribution in [3.63, 3.8) is 0 Å². The van der Waals surface area contributed by atoms with Crippen LogP contribution in [-0.4, -0.2) is 29.2 Å². The number of fused-ring (bicyclic) bond motifs is 1. The number of hydrogen-bond acceptors (Lipinski definition) is 4. The second kappa shape index (κ2) is 11.8. The Morgan fingerprint density at radius 1 is 0.973 bits per heavy atom. The molecule has 1 heterocycles. The summed E-state index contributed by atoms with van der Waals surface area (Å²) in [5, 5.41) is 12.0. The maximum Gasteiger partial charge on any atom is 0.257 e. The van der Waals surface area contributed by atoms with Crippen molar-refractivity contribution in [1.29, 1.82) is 0 Å². The molecule has 0 aromatic heterocycles. The van der Waals surface area contributed by atoms with Crippen LogP contribution in [0.5, 0.6) is 0 Å². The molecule has 1 aliphatic rings. The van der Waals surface area contributed by atoms with Crippen molar-refractivity contribution in [1.82, 2.24) is 4.90 Å². The molecule has 0 unspecified atom stereocenters. The molecule has 9 heteroatoms. The molecule has 3 aromatic rings. The van der Waals surface area contributed by atoms with E-state index in [-0.39, 0.29) is 24.8 Å². The molecule has 3 aromatic carbocycles. The topological polar surface area (TPSA) is 80.8 Å². The molecule has 6 nitrogen and oxygen atoms in total. The van der Waals surface area contributed by atoms with E-state index in [0.717, 1.165) is 9.13 Å². The molecular weight excluding hydrogens is 626 g/mol. The summed E-state index contributed by atoms with van der Waals surface area (Å²) in [4.78, 5) is 42.7. The fourth-order valence-corrected chi connectivity index (χ4v) is 5.32. The monoisotopic (exact) mass is 649 g/mol. The van der Waals surface area contributed by atoms with Crippen LogP contribution in [0.15, 0.2) is 66.7 Å². The molecular formula is C28H24Cl2IN2O4-. The van der Waals surface area contributed by atoms with Crippen molar-refractivity contribution in [3.05, 3.63) is 97.0 Å². The lowest BCUT2D eigenvalue weighted by Gasteiger charge is -2.36. The summed E-state index contributed by atoms with van der Waals surface area (Å²) < 4.78 is 0.859. The molecule has 0 fully saturated rings. The Morgan fingerprint density at radius 3 is 2.22 bits per heavy atom. The van der Waals surface area contributed by atoms with Crippen molar-refractivity contribution >= 4 is 69.3 Å². The molecule has 0 saturated carbocycles. The lowest BCUT2D eigenvalue weighted by Crippen LogP contribution is -2.44. The number of nitrogens with zero attached hydrogens (tertiary/aromatic N) is 2. The zero-order chi connectivity index (χ0) is 26.7. The highest BCUT2D eigenvalue weighted by molar-refractivity contribution is 14.1. The summed E-state index contributed by atoms with van der Waals surface area (Å²) in [6.07, 6.45) is 0.705. The SMILES string of the molecule is C[C@H](c1ccc(Cl)cc1)N1C(=O)c2cc(I)ccc2N(CCCCC(=O)[O-])C(=O)[C@@H]1c1ccc(Cl)cc1. The van der Waals surface area contributed by atoms with Gasteiger partial charge in [0.1, 0.15) is 6.04 Å². The third-order valence-electron chi connectivity index (χ3n) is 6.46. The van der Waals surface area contributed by atoms with Gasteiger partial charge in [0, 0.05) is 26.1 Å². The van der Waals surface area contributed by atoms with Crippen LogP contribution in [0.25, 0.3) is 0 Å². The second-order valence-corrected chi connectivity index (χ2v) is 11.0. The van der Waals surface area contributed by atoms with E-state index >= 15 is 0 Å².